The average molecular weight is 348 g/mol. The smallest absolute Gasteiger partial charge is 0.203 e. The second-order valence-electron chi connectivity index (χ2n) is 4.98. The first-order chi connectivity index (χ1) is 11.2. The molecule has 2 aromatic carbocycles. The zero-order valence-electron chi connectivity index (χ0n) is 12.2. The van der Waals surface area contributed by atoms with E-state index in [2.05, 4.69) is 15.5 Å². The third-order valence-electron chi connectivity index (χ3n) is 3.35. The van der Waals surface area contributed by atoms with E-state index >= 15 is 0 Å². The van der Waals surface area contributed by atoms with Gasteiger partial charge in [0.05, 0.1) is 0 Å². The monoisotopic (exact) mass is 347 g/mol. The van der Waals surface area contributed by atoms with Crippen molar-refractivity contribution in [1.82, 2.24) is 5.48 Å². The molecule has 1 unspecified atom stereocenters. The Labute approximate surface area is 144 Å². The van der Waals surface area contributed by atoms with Crippen LogP contribution in [0.2, 0.25) is 10.0 Å². The quantitative estimate of drug-likeness (QED) is 0.813. The van der Waals surface area contributed by atoms with Crippen LogP contribution in [0, 0.1) is 0 Å². The van der Waals surface area contributed by atoms with Crippen molar-refractivity contribution in [1.29, 1.82) is 0 Å². The molecule has 23 heavy (non-hydrogen) atoms. The summed E-state index contributed by atoms with van der Waals surface area (Å²) in [7, 11) is 0. The summed E-state index contributed by atoms with van der Waals surface area (Å²) in [6, 6.07) is 15.1. The van der Waals surface area contributed by atoms with E-state index in [0.717, 1.165) is 17.0 Å². The van der Waals surface area contributed by atoms with Crippen LogP contribution in [-0.4, -0.2) is 18.6 Å². The van der Waals surface area contributed by atoms with Crippen LogP contribution < -0.4 is 5.48 Å². The second kappa shape index (κ2) is 7.59. The van der Waals surface area contributed by atoms with Crippen molar-refractivity contribution in [3.63, 3.8) is 0 Å². The second-order valence-corrected chi connectivity index (χ2v) is 5.79. The van der Waals surface area contributed by atoms with Crippen LogP contribution in [0.3, 0.4) is 0 Å². The summed E-state index contributed by atoms with van der Waals surface area (Å²) < 4.78 is 0. The van der Waals surface area contributed by atoms with E-state index in [1.165, 1.54) is 0 Å². The maximum atomic E-state index is 6.15. The van der Waals surface area contributed by atoms with E-state index in [-0.39, 0.29) is 0 Å². The minimum absolute atomic E-state index is 0.411. The Morgan fingerprint density at radius 2 is 1.83 bits per heavy atom. The SMILES string of the molecule is Clc1ccccc1C=NCCC1=NC(c2ccccc2Cl)ON1. The van der Waals surface area contributed by atoms with Crippen molar-refractivity contribution >= 4 is 35.3 Å². The van der Waals surface area contributed by atoms with Gasteiger partial charge in [-0.15, -0.1) is 0 Å². The number of hydrogen-bond donors (Lipinski definition) is 1. The molecule has 4 nitrogen and oxygen atoms in total. The third-order valence-corrected chi connectivity index (χ3v) is 4.03. The Balaban J connectivity index is 1.56. The number of benzene rings is 2. The zero-order valence-corrected chi connectivity index (χ0v) is 13.8. The van der Waals surface area contributed by atoms with E-state index in [1.807, 2.05) is 48.5 Å². The molecule has 1 aliphatic heterocycles. The molecule has 0 spiro atoms. The third kappa shape index (κ3) is 4.10. The van der Waals surface area contributed by atoms with Crippen molar-refractivity contribution in [3.8, 4) is 0 Å². The Bertz CT molecular complexity index is 746. The van der Waals surface area contributed by atoms with Crippen molar-refractivity contribution < 1.29 is 4.84 Å². The number of aliphatic imine (C=N–C) groups is 2. The summed E-state index contributed by atoms with van der Waals surface area (Å²) >= 11 is 12.2. The summed E-state index contributed by atoms with van der Waals surface area (Å²) in [5, 5.41) is 1.33. The molecule has 1 atom stereocenters. The minimum Gasteiger partial charge on any atom is -0.292 e. The number of hydrogen-bond acceptors (Lipinski definition) is 4. The minimum atomic E-state index is -0.411. The van der Waals surface area contributed by atoms with Crippen molar-refractivity contribution in [2.45, 2.75) is 12.6 Å². The van der Waals surface area contributed by atoms with Gasteiger partial charge in [0, 0.05) is 40.4 Å². The van der Waals surface area contributed by atoms with Gasteiger partial charge in [-0.05, 0) is 12.1 Å². The first-order valence-corrected chi connectivity index (χ1v) is 7.97. The summed E-state index contributed by atoms with van der Waals surface area (Å²) in [5.41, 5.74) is 4.58. The van der Waals surface area contributed by atoms with Crippen LogP contribution in [0.15, 0.2) is 58.5 Å². The van der Waals surface area contributed by atoms with E-state index in [0.29, 0.717) is 23.0 Å². The first-order valence-electron chi connectivity index (χ1n) is 7.21. The van der Waals surface area contributed by atoms with Crippen LogP contribution in [0.4, 0.5) is 0 Å². The van der Waals surface area contributed by atoms with Gasteiger partial charge in [-0.1, -0.05) is 59.6 Å². The lowest BCUT2D eigenvalue weighted by Gasteiger charge is -2.07. The van der Waals surface area contributed by atoms with Crippen LogP contribution >= 0.6 is 23.2 Å². The highest BCUT2D eigenvalue weighted by Gasteiger charge is 2.21. The summed E-state index contributed by atoms with van der Waals surface area (Å²) in [4.78, 5) is 14.3. The molecule has 0 fully saturated rings. The number of rotatable bonds is 5. The Morgan fingerprint density at radius 3 is 2.61 bits per heavy atom. The van der Waals surface area contributed by atoms with E-state index in [1.54, 1.807) is 6.21 Å². The van der Waals surface area contributed by atoms with Gasteiger partial charge in [-0.3, -0.25) is 10.5 Å². The predicted octanol–water partition coefficient (Wildman–Crippen LogP) is 4.43. The van der Waals surface area contributed by atoms with E-state index in [4.69, 9.17) is 28.0 Å². The molecule has 0 radical (unpaired) electrons. The molecule has 0 bridgehead atoms. The highest BCUT2D eigenvalue weighted by Crippen LogP contribution is 2.28. The Morgan fingerprint density at radius 1 is 1.09 bits per heavy atom. The molecule has 118 valence electrons. The molecule has 1 heterocycles. The maximum Gasteiger partial charge on any atom is 0.203 e. The lowest BCUT2D eigenvalue weighted by Crippen LogP contribution is -2.17. The predicted molar refractivity (Wildman–Crippen MR) is 94.4 cm³/mol. The van der Waals surface area contributed by atoms with Gasteiger partial charge in [0.25, 0.3) is 0 Å². The number of halogens is 2. The van der Waals surface area contributed by atoms with Gasteiger partial charge >= 0.3 is 0 Å². The zero-order chi connectivity index (χ0) is 16.1. The van der Waals surface area contributed by atoms with E-state index < -0.39 is 6.23 Å². The van der Waals surface area contributed by atoms with Crippen LogP contribution in [0.25, 0.3) is 0 Å². The molecule has 2 aromatic rings. The molecule has 6 heteroatoms. The number of nitrogens with zero attached hydrogens (tertiary/aromatic N) is 2. The summed E-state index contributed by atoms with van der Waals surface area (Å²) in [6.07, 6.45) is 2.01. The Kier molecular flexibility index (Phi) is 5.28. The molecule has 0 saturated carbocycles. The first kappa shape index (κ1) is 16.0. The van der Waals surface area contributed by atoms with Gasteiger partial charge in [0.15, 0.2) is 0 Å². The fourth-order valence-electron chi connectivity index (χ4n) is 2.16. The average Bonchev–Trinajstić information content (AvgIpc) is 3.02. The summed E-state index contributed by atoms with van der Waals surface area (Å²) in [5.74, 6) is 0.756. The lowest BCUT2D eigenvalue weighted by molar-refractivity contribution is 0.0371. The van der Waals surface area contributed by atoms with Gasteiger partial charge in [-0.25, -0.2) is 9.83 Å². The van der Waals surface area contributed by atoms with Gasteiger partial charge in [0.2, 0.25) is 6.23 Å². The molecule has 0 aliphatic carbocycles. The number of nitrogens with one attached hydrogen (secondary N) is 1. The molecule has 1 aliphatic rings. The van der Waals surface area contributed by atoms with Gasteiger partial charge < -0.3 is 0 Å². The van der Waals surface area contributed by atoms with Crippen LogP contribution in [-0.2, 0) is 4.84 Å². The fraction of sp³-hybridized carbons (Fsp3) is 0.176. The van der Waals surface area contributed by atoms with Gasteiger partial charge in [0.1, 0.15) is 5.84 Å². The highest BCUT2D eigenvalue weighted by molar-refractivity contribution is 6.33. The molecule has 1 N–H and O–H groups in total. The lowest BCUT2D eigenvalue weighted by atomic mass is 10.2. The fourth-order valence-corrected chi connectivity index (χ4v) is 2.57. The molecule has 3 rings (SSSR count). The largest absolute Gasteiger partial charge is 0.292 e. The van der Waals surface area contributed by atoms with Crippen LogP contribution in [0.5, 0.6) is 0 Å². The van der Waals surface area contributed by atoms with Crippen molar-refractivity contribution in [2.75, 3.05) is 6.54 Å². The molecular formula is C17H15Cl2N3O. The molecule has 0 amide bonds. The topological polar surface area (TPSA) is 46.0 Å². The summed E-state index contributed by atoms with van der Waals surface area (Å²) in [6.45, 7) is 0.593. The molecular weight excluding hydrogens is 333 g/mol. The molecule has 0 aromatic heterocycles. The van der Waals surface area contributed by atoms with Crippen molar-refractivity contribution in [3.05, 3.63) is 69.7 Å². The number of hydroxylamine groups is 1. The van der Waals surface area contributed by atoms with Gasteiger partial charge in [-0.2, -0.15) is 0 Å². The van der Waals surface area contributed by atoms with Crippen LogP contribution in [0.1, 0.15) is 23.8 Å². The van der Waals surface area contributed by atoms with Crippen molar-refractivity contribution in [2.24, 2.45) is 9.98 Å². The maximum absolute atomic E-state index is 6.15. The normalized spacial score (nSPS) is 17.3. The van der Waals surface area contributed by atoms with E-state index in [9.17, 15) is 0 Å². The number of amidine groups is 1. The standard InChI is InChI=1S/C17H15Cl2N3O/c18-14-7-3-1-5-12(14)11-20-10-9-16-21-17(23-22-16)13-6-2-4-8-15(13)19/h1-8,11,17H,9-10H2,(H,21,22). The highest BCUT2D eigenvalue weighted by atomic mass is 35.5. The molecule has 0 saturated heterocycles. The Hall–Kier alpha value is -1.88.